The van der Waals surface area contributed by atoms with Gasteiger partial charge in [-0.1, -0.05) is 35.9 Å². The number of rotatable bonds is 6. The summed E-state index contributed by atoms with van der Waals surface area (Å²) in [6, 6.07) is 13.7. The third-order valence-electron chi connectivity index (χ3n) is 4.10. The fraction of sp³-hybridized carbons (Fsp3) is 0.250. The van der Waals surface area contributed by atoms with E-state index >= 15 is 0 Å². The van der Waals surface area contributed by atoms with Crippen LogP contribution in [0.1, 0.15) is 34.8 Å². The minimum absolute atomic E-state index is 0.0000751. The molecule has 0 aliphatic carbocycles. The minimum atomic E-state index is -0.247. The van der Waals surface area contributed by atoms with Crippen LogP contribution in [0.25, 0.3) is 0 Å². The topological polar surface area (TPSA) is 59.8 Å². The number of nitrogens with one attached hydrogen (secondary N) is 1. The van der Waals surface area contributed by atoms with E-state index in [9.17, 15) is 4.79 Å². The molecular formula is C20H22N4O. The molecule has 0 aliphatic heterocycles. The first-order chi connectivity index (χ1) is 12.1. The van der Waals surface area contributed by atoms with Gasteiger partial charge in [0.05, 0.1) is 17.9 Å². The molecule has 0 radical (unpaired) electrons. The SMILES string of the molecule is Cc1ccc([C@H](NC(=O)CCc2cnn(C)c2)c2ccccn2)cc1. The van der Waals surface area contributed by atoms with Crippen molar-refractivity contribution in [2.24, 2.45) is 7.05 Å². The van der Waals surface area contributed by atoms with Crippen LogP contribution in [0.4, 0.5) is 0 Å². The summed E-state index contributed by atoms with van der Waals surface area (Å²) in [7, 11) is 1.87. The predicted octanol–water partition coefficient (Wildman–Crippen LogP) is 2.96. The number of benzene rings is 1. The summed E-state index contributed by atoms with van der Waals surface area (Å²) in [6.07, 6.45) is 6.56. The molecule has 0 fully saturated rings. The van der Waals surface area contributed by atoms with Gasteiger partial charge in [0.2, 0.25) is 5.91 Å². The Morgan fingerprint density at radius 2 is 2.00 bits per heavy atom. The summed E-state index contributed by atoms with van der Waals surface area (Å²) in [4.78, 5) is 16.9. The fourth-order valence-electron chi connectivity index (χ4n) is 2.73. The number of hydrogen-bond acceptors (Lipinski definition) is 3. The Labute approximate surface area is 147 Å². The second kappa shape index (κ2) is 7.75. The van der Waals surface area contributed by atoms with Crippen molar-refractivity contribution in [3.63, 3.8) is 0 Å². The third kappa shape index (κ3) is 4.53. The summed E-state index contributed by atoms with van der Waals surface area (Å²) in [5.41, 5.74) is 4.11. The molecule has 0 unspecified atom stereocenters. The van der Waals surface area contributed by atoms with Gasteiger partial charge in [-0.05, 0) is 36.6 Å². The Hall–Kier alpha value is -2.95. The molecule has 128 valence electrons. The average Bonchev–Trinajstić information content (AvgIpc) is 3.05. The lowest BCUT2D eigenvalue weighted by Crippen LogP contribution is -2.30. The molecule has 2 heterocycles. The second-order valence-electron chi connectivity index (χ2n) is 6.19. The van der Waals surface area contributed by atoms with Crippen molar-refractivity contribution in [1.82, 2.24) is 20.1 Å². The number of amides is 1. The molecule has 0 spiro atoms. The molecule has 5 heteroatoms. The number of aromatic nitrogens is 3. The zero-order valence-electron chi connectivity index (χ0n) is 14.5. The predicted molar refractivity (Wildman–Crippen MR) is 96.9 cm³/mol. The Morgan fingerprint density at radius 1 is 1.20 bits per heavy atom. The molecule has 0 aliphatic rings. The molecule has 1 aromatic carbocycles. The monoisotopic (exact) mass is 334 g/mol. The maximum absolute atomic E-state index is 12.5. The standard InChI is InChI=1S/C20H22N4O/c1-15-6-9-17(10-7-15)20(18-5-3-4-12-21-18)23-19(25)11-8-16-13-22-24(2)14-16/h3-7,9-10,12-14,20H,8,11H2,1-2H3,(H,23,25)/t20-/m0/s1. The largest absolute Gasteiger partial charge is 0.344 e. The van der Waals surface area contributed by atoms with Gasteiger partial charge < -0.3 is 5.32 Å². The van der Waals surface area contributed by atoms with Gasteiger partial charge in [-0.25, -0.2) is 0 Å². The van der Waals surface area contributed by atoms with Crippen molar-refractivity contribution in [2.45, 2.75) is 25.8 Å². The van der Waals surface area contributed by atoms with E-state index in [4.69, 9.17) is 0 Å². The molecule has 0 saturated carbocycles. The molecule has 3 aromatic rings. The maximum Gasteiger partial charge on any atom is 0.221 e. The van der Waals surface area contributed by atoms with Crippen molar-refractivity contribution in [3.05, 3.63) is 83.4 Å². The molecule has 0 bridgehead atoms. The Balaban J connectivity index is 1.73. The summed E-state index contributed by atoms with van der Waals surface area (Å²) < 4.78 is 1.75. The summed E-state index contributed by atoms with van der Waals surface area (Å²) in [5.74, 6) is 0.0000751. The van der Waals surface area contributed by atoms with E-state index in [2.05, 4.69) is 15.4 Å². The van der Waals surface area contributed by atoms with Gasteiger partial charge in [-0.15, -0.1) is 0 Å². The molecule has 1 N–H and O–H groups in total. The molecular weight excluding hydrogens is 312 g/mol. The highest BCUT2D eigenvalue weighted by Crippen LogP contribution is 2.21. The Bertz CT molecular complexity index is 824. The highest BCUT2D eigenvalue weighted by atomic mass is 16.1. The van der Waals surface area contributed by atoms with Gasteiger partial charge in [0.1, 0.15) is 0 Å². The number of nitrogens with zero attached hydrogens (tertiary/aromatic N) is 3. The highest BCUT2D eigenvalue weighted by Gasteiger charge is 2.18. The van der Waals surface area contributed by atoms with Gasteiger partial charge in [0.15, 0.2) is 0 Å². The van der Waals surface area contributed by atoms with Gasteiger partial charge in [-0.2, -0.15) is 5.10 Å². The molecule has 3 rings (SSSR count). The summed E-state index contributed by atoms with van der Waals surface area (Å²) in [6.45, 7) is 2.05. The molecule has 1 amide bonds. The molecule has 2 aromatic heterocycles. The van der Waals surface area contributed by atoms with E-state index in [0.717, 1.165) is 16.8 Å². The maximum atomic E-state index is 12.5. The van der Waals surface area contributed by atoms with E-state index in [-0.39, 0.29) is 11.9 Å². The number of aryl methyl sites for hydroxylation is 3. The number of carbonyl (C=O) groups is 1. The van der Waals surface area contributed by atoms with Crippen molar-refractivity contribution in [1.29, 1.82) is 0 Å². The molecule has 5 nitrogen and oxygen atoms in total. The fourth-order valence-corrected chi connectivity index (χ4v) is 2.73. The van der Waals surface area contributed by atoms with Crippen LogP contribution in [0.15, 0.2) is 61.1 Å². The van der Waals surface area contributed by atoms with Crippen molar-refractivity contribution in [2.75, 3.05) is 0 Å². The van der Waals surface area contributed by atoms with Gasteiger partial charge in [0, 0.05) is 25.9 Å². The van der Waals surface area contributed by atoms with E-state index in [1.165, 1.54) is 5.56 Å². The Kier molecular flexibility index (Phi) is 5.23. The minimum Gasteiger partial charge on any atom is -0.344 e. The van der Waals surface area contributed by atoms with Crippen LogP contribution >= 0.6 is 0 Å². The van der Waals surface area contributed by atoms with E-state index in [1.54, 1.807) is 17.1 Å². The zero-order chi connectivity index (χ0) is 17.6. The summed E-state index contributed by atoms with van der Waals surface area (Å²) >= 11 is 0. The van der Waals surface area contributed by atoms with Crippen LogP contribution in [0.5, 0.6) is 0 Å². The van der Waals surface area contributed by atoms with Crippen LogP contribution in [0.2, 0.25) is 0 Å². The number of pyridine rings is 1. The van der Waals surface area contributed by atoms with Gasteiger partial charge in [-0.3, -0.25) is 14.5 Å². The average molecular weight is 334 g/mol. The van der Waals surface area contributed by atoms with Gasteiger partial charge >= 0.3 is 0 Å². The lowest BCUT2D eigenvalue weighted by Gasteiger charge is -2.19. The van der Waals surface area contributed by atoms with Crippen molar-refractivity contribution < 1.29 is 4.79 Å². The van der Waals surface area contributed by atoms with Crippen LogP contribution in [-0.2, 0) is 18.3 Å². The molecule has 1 atom stereocenters. The lowest BCUT2D eigenvalue weighted by atomic mass is 10.0. The smallest absolute Gasteiger partial charge is 0.221 e. The van der Waals surface area contributed by atoms with Crippen LogP contribution < -0.4 is 5.32 Å². The lowest BCUT2D eigenvalue weighted by molar-refractivity contribution is -0.121. The zero-order valence-corrected chi connectivity index (χ0v) is 14.5. The third-order valence-corrected chi connectivity index (χ3v) is 4.10. The Morgan fingerprint density at radius 3 is 2.64 bits per heavy atom. The molecule has 25 heavy (non-hydrogen) atoms. The molecule has 0 saturated heterocycles. The first-order valence-corrected chi connectivity index (χ1v) is 8.36. The normalized spacial score (nSPS) is 11.9. The quantitative estimate of drug-likeness (QED) is 0.754. The highest BCUT2D eigenvalue weighted by molar-refractivity contribution is 5.77. The van der Waals surface area contributed by atoms with Crippen LogP contribution in [-0.4, -0.2) is 20.7 Å². The van der Waals surface area contributed by atoms with E-state index < -0.39 is 0 Å². The van der Waals surface area contributed by atoms with Crippen molar-refractivity contribution in [3.8, 4) is 0 Å². The van der Waals surface area contributed by atoms with Crippen LogP contribution in [0.3, 0.4) is 0 Å². The first kappa shape index (κ1) is 16.9. The van der Waals surface area contributed by atoms with Crippen LogP contribution in [0, 0.1) is 6.92 Å². The van der Waals surface area contributed by atoms with Gasteiger partial charge in [0.25, 0.3) is 0 Å². The van der Waals surface area contributed by atoms with Crippen molar-refractivity contribution >= 4 is 5.91 Å². The van der Waals surface area contributed by atoms with E-state index in [1.807, 2.05) is 62.6 Å². The first-order valence-electron chi connectivity index (χ1n) is 8.36. The number of carbonyl (C=O) groups excluding carboxylic acids is 1. The van der Waals surface area contributed by atoms with E-state index in [0.29, 0.717) is 12.8 Å². The second-order valence-corrected chi connectivity index (χ2v) is 6.19. The number of hydrogen-bond donors (Lipinski definition) is 1. The summed E-state index contributed by atoms with van der Waals surface area (Å²) in [5, 5.41) is 7.25.